The predicted octanol–water partition coefficient (Wildman–Crippen LogP) is 6.76. The average molecular weight is 514 g/mol. The van der Waals surface area contributed by atoms with E-state index in [1.165, 1.54) is 38.1 Å². The summed E-state index contributed by atoms with van der Waals surface area (Å²) in [6.07, 6.45) is -4.29. The number of carboxylic acids is 1. The molecule has 192 valence electrons. The van der Waals surface area contributed by atoms with Gasteiger partial charge in [0.2, 0.25) is 0 Å². The molecule has 0 fully saturated rings. The second-order valence-corrected chi connectivity index (χ2v) is 8.53. The molecule has 4 rings (SSSR count). The van der Waals surface area contributed by atoms with Gasteiger partial charge in [-0.1, -0.05) is 19.1 Å². The van der Waals surface area contributed by atoms with Gasteiger partial charge in [0, 0.05) is 16.8 Å². The van der Waals surface area contributed by atoms with Gasteiger partial charge in [-0.15, -0.1) is 0 Å². The Morgan fingerprint density at radius 2 is 1.86 bits per heavy atom. The number of pyridine rings is 1. The van der Waals surface area contributed by atoms with Crippen LogP contribution in [0.4, 0.5) is 23.2 Å². The van der Waals surface area contributed by atoms with Crippen LogP contribution >= 0.6 is 0 Å². The lowest BCUT2D eigenvalue weighted by Crippen LogP contribution is -2.17. The SMILES string of the molecule is CCc1ccc(NC(C)c2cc(C(F)(F)F)cc3c(=O)c(C)c(-c4ccccc4F)oc23)c(C(=O)O)n1. The quantitative estimate of drug-likeness (QED) is 0.277. The second kappa shape index (κ2) is 9.68. The number of nitrogens with zero attached hydrogens (tertiary/aromatic N) is 1. The molecule has 2 aromatic carbocycles. The van der Waals surface area contributed by atoms with Gasteiger partial charge in [-0.25, -0.2) is 14.2 Å². The monoisotopic (exact) mass is 514 g/mol. The van der Waals surface area contributed by atoms with Crippen molar-refractivity contribution in [3.8, 4) is 11.3 Å². The number of nitrogens with one attached hydrogen (secondary N) is 1. The van der Waals surface area contributed by atoms with E-state index in [-0.39, 0.29) is 44.8 Å². The molecule has 10 heteroatoms. The lowest BCUT2D eigenvalue weighted by Gasteiger charge is -2.21. The molecule has 0 saturated heterocycles. The normalized spacial score (nSPS) is 12.5. The summed E-state index contributed by atoms with van der Waals surface area (Å²) in [7, 11) is 0. The van der Waals surface area contributed by atoms with Gasteiger partial charge in [0.15, 0.2) is 11.1 Å². The van der Waals surface area contributed by atoms with Crippen LogP contribution in [-0.2, 0) is 12.6 Å². The fourth-order valence-corrected chi connectivity index (χ4v) is 4.09. The van der Waals surface area contributed by atoms with Crippen LogP contribution < -0.4 is 10.7 Å². The summed E-state index contributed by atoms with van der Waals surface area (Å²) >= 11 is 0. The van der Waals surface area contributed by atoms with Crippen molar-refractivity contribution < 1.29 is 31.9 Å². The molecule has 6 nitrogen and oxygen atoms in total. The summed E-state index contributed by atoms with van der Waals surface area (Å²) in [5.74, 6) is -2.09. The van der Waals surface area contributed by atoms with E-state index in [2.05, 4.69) is 10.3 Å². The maximum atomic E-state index is 14.6. The second-order valence-electron chi connectivity index (χ2n) is 8.53. The Kier molecular flexibility index (Phi) is 6.77. The summed E-state index contributed by atoms with van der Waals surface area (Å²) in [5, 5.41) is 12.2. The first kappa shape index (κ1) is 25.9. The van der Waals surface area contributed by atoms with Crippen LogP contribution in [0.3, 0.4) is 0 Å². The van der Waals surface area contributed by atoms with Crippen molar-refractivity contribution in [2.24, 2.45) is 0 Å². The molecular weight excluding hydrogens is 492 g/mol. The molecule has 0 saturated carbocycles. The molecule has 0 bridgehead atoms. The topological polar surface area (TPSA) is 92.4 Å². The van der Waals surface area contributed by atoms with Crippen molar-refractivity contribution in [3.63, 3.8) is 0 Å². The van der Waals surface area contributed by atoms with Crippen LogP contribution in [0.15, 0.2) is 57.7 Å². The zero-order valence-electron chi connectivity index (χ0n) is 20.0. The van der Waals surface area contributed by atoms with E-state index in [0.29, 0.717) is 18.2 Å². The van der Waals surface area contributed by atoms with E-state index >= 15 is 0 Å². The number of carbonyl (C=O) groups is 1. The summed E-state index contributed by atoms with van der Waals surface area (Å²) in [6.45, 7) is 4.65. The number of aryl methyl sites for hydroxylation is 1. The number of alkyl halides is 3. The fraction of sp³-hybridized carbons (Fsp3) is 0.222. The highest BCUT2D eigenvalue weighted by Crippen LogP contribution is 2.37. The maximum Gasteiger partial charge on any atom is 0.416 e. The molecule has 2 N–H and O–H groups in total. The van der Waals surface area contributed by atoms with Crippen molar-refractivity contribution in [1.29, 1.82) is 0 Å². The average Bonchev–Trinajstić information content (AvgIpc) is 2.85. The van der Waals surface area contributed by atoms with Gasteiger partial charge in [0.25, 0.3) is 0 Å². The zero-order valence-corrected chi connectivity index (χ0v) is 20.0. The van der Waals surface area contributed by atoms with Crippen molar-refractivity contribution >= 4 is 22.6 Å². The minimum atomic E-state index is -4.77. The van der Waals surface area contributed by atoms with Crippen molar-refractivity contribution in [1.82, 2.24) is 4.98 Å². The van der Waals surface area contributed by atoms with Crippen LogP contribution in [0, 0.1) is 12.7 Å². The highest BCUT2D eigenvalue weighted by molar-refractivity contribution is 5.92. The molecule has 1 atom stereocenters. The number of aromatic carboxylic acids is 1. The first-order chi connectivity index (χ1) is 17.4. The number of rotatable bonds is 6. The zero-order chi connectivity index (χ0) is 27.1. The molecule has 0 aliphatic rings. The number of halogens is 4. The Bertz CT molecular complexity index is 1580. The highest BCUT2D eigenvalue weighted by Gasteiger charge is 2.33. The van der Waals surface area contributed by atoms with E-state index in [1.54, 1.807) is 19.1 Å². The predicted molar refractivity (Wildman–Crippen MR) is 130 cm³/mol. The molecular formula is C27H22F4N2O4. The van der Waals surface area contributed by atoms with Gasteiger partial charge in [0.05, 0.1) is 28.2 Å². The lowest BCUT2D eigenvalue weighted by molar-refractivity contribution is -0.137. The third-order valence-electron chi connectivity index (χ3n) is 6.05. The van der Waals surface area contributed by atoms with E-state index < -0.39 is 35.0 Å². The Morgan fingerprint density at radius 3 is 2.49 bits per heavy atom. The van der Waals surface area contributed by atoms with Crippen LogP contribution in [0.25, 0.3) is 22.3 Å². The van der Waals surface area contributed by atoms with E-state index in [0.717, 1.165) is 6.07 Å². The lowest BCUT2D eigenvalue weighted by atomic mass is 9.98. The first-order valence-electron chi connectivity index (χ1n) is 11.4. The molecule has 37 heavy (non-hydrogen) atoms. The standard InChI is InChI=1S/C27H22F4N2O4/c1-4-16-9-10-21(22(33-16)26(35)36)32-14(3)18-11-15(27(29,30)31)12-19-23(34)13(2)24(37-25(18)19)17-7-5-6-8-20(17)28/h5-12,14,32H,4H2,1-3H3,(H,35,36). The van der Waals surface area contributed by atoms with E-state index in [4.69, 9.17) is 4.42 Å². The minimum Gasteiger partial charge on any atom is -0.476 e. The van der Waals surface area contributed by atoms with Gasteiger partial charge in [-0.3, -0.25) is 4.79 Å². The Balaban J connectivity index is 1.96. The number of carboxylic acid groups (broad SMARTS) is 1. The van der Waals surface area contributed by atoms with Crippen molar-refractivity contribution in [2.75, 3.05) is 5.32 Å². The van der Waals surface area contributed by atoms with Crippen LogP contribution in [0.2, 0.25) is 0 Å². The number of benzene rings is 2. The Labute approximate surface area is 208 Å². The minimum absolute atomic E-state index is 0.0158. The molecule has 2 heterocycles. The van der Waals surface area contributed by atoms with E-state index in [9.17, 15) is 32.3 Å². The summed E-state index contributed by atoms with van der Waals surface area (Å²) in [5.41, 5.74) is -1.80. The number of hydrogen-bond donors (Lipinski definition) is 2. The molecule has 4 aromatic rings. The Morgan fingerprint density at radius 1 is 1.16 bits per heavy atom. The fourth-order valence-electron chi connectivity index (χ4n) is 4.09. The van der Waals surface area contributed by atoms with Gasteiger partial charge in [-0.2, -0.15) is 13.2 Å². The summed E-state index contributed by atoms with van der Waals surface area (Å²) in [4.78, 5) is 29.1. The van der Waals surface area contributed by atoms with Crippen molar-refractivity contribution in [3.05, 3.63) is 92.6 Å². The van der Waals surface area contributed by atoms with Crippen molar-refractivity contribution in [2.45, 2.75) is 39.4 Å². The van der Waals surface area contributed by atoms with Gasteiger partial charge < -0.3 is 14.8 Å². The largest absolute Gasteiger partial charge is 0.476 e. The summed E-state index contributed by atoms with van der Waals surface area (Å²) < 4.78 is 61.8. The van der Waals surface area contributed by atoms with Crippen LogP contribution in [0.1, 0.15) is 52.8 Å². The number of fused-ring (bicyclic) bond motifs is 1. The first-order valence-corrected chi connectivity index (χ1v) is 11.4. The third-order valence-corrected chi connectivity index (χ3v) is 6.05. The molecule has 0 aliphatic heterocycles. The van der Waals surface area contributed by atoms with Gasteiger partial charge in [0.1, 0.15) is 17.2 Å². The van der Waals surface area contributed by atoms with Gasteiger partial charge in [-0.05, 0) is 56.7 Å². The van der Waals surface area contributed by atoms with Gasteiger partial charge >= 0.3 is 12.1 Å². The third kappa shape index (κ3) is 4.91. The molecule has 0 amide bonds. The van der Waals surface area contributed by atoms with E-state index in [1.807, 2.05) is 0 Å². The highest BCUT2D eigenvalue weighted by atomic mass is 19.4. The summed E-state index contributed by atoms with van der Waals surface area (Å²) in [6, 6.07) is 9.23. The van der Waals surface area contributed by atoms with Crippen LogP contribution in [-0.4, -0.2) is 16.1 Å². The molecule has 0 radical (unpaired) electrons. The van der Waals surface area contributed by atoms with Crippen LogP contribution in [0.5, 0.6) is 0 Å². The molecule has 0 aliphatic carbocycles. The number of anilines is 1. The number of hydrogen-bond acceptors (Lipinski definition) is 5. The molecule has 0 spiro atoms. The maximum absolute atomic E-state index is 14.6. The molecule has 1 unspecified atom stereocenters. The molecule has 2 aromatic heterocycles. The number of aromatic nitrogens is 1. The Hall–Kier alpha value is -4.21. The smallest absolute Gasteiger partial charge is 0.416 e.